The number of benzene rings is 1. The number of carbonyl (C=O) groups is 1. The van der Waals surface area contributed by atoms with Crippen molar-refractivity contribution in [2.75, 3.05) is 12.8 Å². The van der Waals surface area contributed by atoms with E-state index >= 15 is 0 Å². The van der Waals surface area contributed by atoms with E-state index in [0.717, 1.165) is 19.2 Å². The van der Waals surface area contributed by atoms with Gasteiger partial charge in [-0.15, -0.1) is 13.2 Å². The maximum Gasteiger partial charge on any atom is 0.573 e. The summed E-state index contributed by atoms with van der Waals surface area (Å²) in [6, 6.07) is 1.90. The third-order valence-corrected chi connectivity index (χ3v) is 2.05. The van der Waals surface area contributed by atoms with Gasteiger partial charge in [-0.05, 0) is 12.1 Å². The number of carbonyl (C=O) groups excluding carboxylic acids is 1. The fourth-order valence-corrected chi connectivity index (χ4v) is 1.25. The van der Waals surface area contributed by atoms with E-state index in [9.17, 15) is 18.0 Å². The molecule has 0 aliphatic rings. The zero-order valence-electron chi connectivity index (χ0n) is 8.47. The van der Waals surface area contributed by atoms with Crippen molar-refractivity contribution >= 4 is 23.3 Å². The van der Waals surface area contributed by atoms with E-state index in [4.69, 9.17) is 17.3 Å². The lowest BCUT2D eigenvalue weighted by molar-refractivity contribution is -0.274. The van der Waals surface area contributed by atoms with Gasteiger partial charge in [0.05, 0.1) is 23.4 Å². The summed E-state index contributed by atoms with van der Waals surface area (Å²) < 4.78 is 44.1. The Balaban J connectivity index is 3.20. The molecule has 8 heteroatoms. The van der Waals surface area contributed by atoms with Crippen molar-refractivity contribution in [2.45, 2.75) is 6.36 Å². The van der Waals surface area contributed by atoms with E-state index in [2.05, 4.69) is 9.47 Å². The van der Waals surface area contributed by atoms with Gasteiger partial charge >= 0.3 is 12.3 Å². The van der Waals surface area contributed by atoms with Gasteiger partial charge in [0.25, 0.3) is 0 Å². The van der Waals surface area contributed by atoms with Crippen LogP contribution in [0, 0.1) is 0 Å². The number of hydrogen-bond acceptors (Lipinski definition) is 4. The molecule has 0 radical (unpaired) electrons. The Morgan fingerprint density at radius 1 is 1.41 bits per heavy atom. The van der Waals surface area contributed by atoms with Crippen molar-refractivity contribution < 1.29 is 27.4 Å². The molecular formula is C9H7ClF3NO3. The molecule has 0 aliphatic heterocycles. The highest BCUT2D eigenvalue weighted by atomic mass is 35.5. The molecule has 2 N–H and O–H groups in total. The smallest absolute Gasteiger partial charge is 0.465 e. The summed E-state index contributed by atoms with van der Waals surface area (Å²) in [4.78, 5) is 11.1. The van der Waals surface area contributed by atoms with E-state index in [1.807, 2.05) is 0 Å². The van der Waals surface area contributed by atoms with Crippen LogP contribution in [-0.2, 0) is 4.74 Å². The fourth-order valence-electron chi connectivity index (χ4n) is 1.04. The number of alkyl halides is 3. The number of nitrogen functional groups attached to an aromatic ring is 1. The zero-order valence-corrected chi connectivity index (χ0v) is 9.22. The van der Waals surface area contributed by atoms with Gasteiger partial charge in [0.15, 0.2) is 5.75 Å². The van der Waals surface area contributed by atoms with E-state index < -0.39 is 23.8 Å². The second kappa shape index (κ2) is 4.70. The van der Waals surface area contributed by atoms with Crippen LogP contribution in [0.2, 0.25) is 5.02 Å². The van der Waals surface area contributed by atoms with Crippen molar-refractivity contribution in [1.82, 2.24) is 0 Å². The average Bonchev–Trinajstić information content (AvgIpc) is 2.21. The molecule has 0 aliphatic carbocycles. The molecule has 0 amide bonds. The highest BCUT2D eigenvalue weighted by Gasteiger charge is 2.32. The van der Waals surface area contributed by atoms with Gasteiger partial charge in [-0.1, -0.05) is 11.6 Å². The molecule has 0 spiro atoms. The summed E-state index contributed by atoms with van der Waals surface area (Å²) >= 11 is 5.57. The number of ether oxygens (including phenoxy) is 2. The van der Waals surface area contributed by atoms with Gasteiger partial charge in [-0.3, -0.25) is 0 Å². The molecule has 0 atom stereocenters. The summed E-state index contributed by atoms with van der Waals surface area (Å²) in [5.74, 6) is -1.59. The second-order valence-electron chi connectivity index (χ2n) is 2.91. The summed E-state index contributed by atoms with van der Waals surface area (Å²) in [7, 11) is 1.08. The first-order valence-electron chi connectivity index (χ1n) is 4.17. The predicted octanol–water partition coefficient (Wildman–Crippen LogP) is 2.61. The van der Waals surface area contributed by atoms with Gasteiger partial charge in [-0.25, -0.2) is 4.79 Å². The predicted molar refractivity (Wildman–Crippen MR) is 53.9 cm³/mol. The largest absolute Gasteiger partial charge is 0.573 e. The standard InChI is InChI=1S/C9H7ClF3NO3/c1-16-8(15)4-2-5(10)7(14)6(3-4)17-9(11,12)13/h2-3H,14H2,1H3. The van der Waals surface area contributed by atoms with Gasteiger partial charge in [0.1, 0.15) is 0 Å². The molecule has 0 fully saturated rings. The van der Waals surface area contributed by atoms with Crippen molar-refractivity contribution in [1.29, 1.82) is 0 Å². The SMILES string of the molecule is COC(=O)c1cc(Cl)c(N)c(OC(F)(F)F)c1. The van der Waals surface area contributed by atoms with Crippen LogP contribution in [0.4, 0.5) is 18.9 Å². The molecule has 0 saturated heterocycles. The molecule has 0 aromatic heterocycles. The van der Waals surface area contributed by atoms with E-state index in [1.54, 1.807) is 0 Å². The van der Waals surface area contributed by atoms with Crippen LogP contribution >= 0.6 is 11.6 Å². The molecule has 1 rings (SSSR count). The minimum Gasteiger partial charge on any atom is -0.465 e. The zero-order chi connectivity index (χ0) is 13.2. The third kappa shape index (κ3) is 3.42. The number of nitrogens with two attached hydrogens (primary N) is 1. The quantitative estimate of drug-likeness (QED) is 0.662. The molecule has 1 aromatic carbocycles. The highest BCUT2D eigenvalue weighted by Crippen LogP contribution is 2.34. The number of halogens is 4. The monoisotopic (exact) mass is 269 g/mol. The molecule has 0 unspecified atom stereocenters. The van der Waals surface area contributed by atoms with Crippen LogP contribution in [0.5, 0.6) is 5.75 Å². The summed E-state index contributed by atoms with van der Waals surface area (Å²) in [5.41, 5.74) is 4.70. The number of methoxy groups -OCH3 is 1. The fraction of sp³-hybridized carbons (Fsp3) is 0.222. The van der Waals surface area contributed by atoms with Gasteiger partial charge in [0.2, 0.25) is 0 Å². The Labute approximate surface area is 99.1 Å². The normalized spacial score (nSPS) is 11.1. The topological polar surface area (TPSA) is 61.5 Å². The van der Waals surface area contributed by atoms with E-state index in [0.29, 0.717) is 0 Å². The van der Waals surface area contributed by atoms with Crippen LogP contribution in [0.15, 0.2) is 12.1 Å². The molecule has 0 heterocycles. The van der Waals surface area contributed by atoms with Gasteiger partial charge in [0, 0.05) is 0 Å². The van der Waals surface area contributed by atoms with Crippen molar-refractivity contribution in [3.8, 4) is 5.75 Å². The van der Waals surface area contributed by atoms with Gasteiger partial charge in [-0.2, -0.15) is 0 Å². The molecule has 94 valence electrons. The minimum atomic E-state index is -4.92. The maximum absolute atomic E-state index is 12.0. The first kappa shape index (κ1) is 13.4. The molecule has 1 aromatic rings. The van der Waals surface area contributed by atoms with Crippen molar-refractivity contribution in [2.24, 2.45) is 0 Å². The third-order valence-electron chi connectivity index (χ3n) is 1.74. The van der Waals surface area contributed by atoms with Crippen LogP contribution < -0.4 is 10.5 Å². The molecular weight excluding hydrogens is 263 g/mol. The Morgan fingerprint density at radius 2 is 2.00 bits per heavy atom. The lowest BCUT2D eigenvalue weighted by Crippen LogP contribution is -2.18. The molecule has 0 bridgehead atoms. The van der Waals surface area contributed by atoms with Crippen LogP contribution in [-0.4, -0.2) is 19.4 Å². The minimum absolute atomic E-state index is 0.189. The van der Waals surface area contributed by atoms with E-state index in [1.165, 1.54) is 0 Å². The highest BCUT2D eigenvalue weighted by molar-refractivity contribution is 6.33. The summed E-state index contributed by atoms with van der Waals surface area (Å²) in [6.45, 7) is 0. The van der Waals surface area contributed by atoms with Crippen molar-refractivity contribution in [3.05, 3.63) is 22.7 Å². The Bertz CT molecular complexity index is 448. The second-order valence-corrected chi connectivity index (χ2v) is 3.32. The lowest BCUT2D eigenvalue weighted by Gasteiger charge is -2.13. The number of esters is 1. The van der Waals surface area contributed by atoms with E-state index in [-0.39, 0.29) is 10.6 Å². The Hall–Kier alpha value is -1.63. The number of rotatable bonds is 2. The molecule has 17 heavy (non-hydrogen) atoms. The molecule has 4 nitrogen and oxygen atoms in total. The Kier molecular flexibility index (Phi) is 3.72. The van der Waals surface area contributed by atoms with Crippen LogP contribution in [0.1, 0.15) is 10.4 Å². The first-order valence-corrected chi connectivity index (χ1v) is 4.55. The van der Waals surface area contributed by atoms with Crippen LogP contribution in [0.3, 0.4) is 0 Å². The van der Waals surface area contributed by atoms with Gasteiger partial charge < -0.3 is 15.2 Å². The lowest BCUT2D eigenvalue weighted by atomic mass is 10.2. The number of hydrogen-bond donors (Lipinski definition) is 1. The maximum atomic E-state index is 12.0. The molecule has 0 saturated carbocycles. The summed E-state index contributed by atoms with van der Waals surface area (Å²) in [5, 5.41) is -0.229. The van der Waals surface area contributed by atoms with Crippen molar-refractivity contribution in [3.63, 3.8) is 0 Å². The first-order chi connectivity index (χ1) is 7.74. The summed E-state index contributed by atoms with van der Waals surface area (Å²) in [6.07, 6.45) is -4.92. The number of anilines is 1. The Morgan fingerprint density at radius 3 is 2.47 bits per heavy atom. The average molecular weight is 270 g/mol. The van der Waals surface area contributed by atoms with Crippen LogP contribution in [0.25, 0.3) is 0 Å².